The zero-order chi connectivity index (χ0) is 13.1. The first-order valence-electron chi connectivity index (χ1n) is 5.74. The molecule has 96 valence electrons. The number of nitrogen functional groups attached to an aromatic ring is 1. The zero-order valence-corrected chi connectivity index (χ0v) is 11.5. The van der Waals surface area contributed by atoms with Crippen molar-refractivity contribution < 1.29 is 0 Å². The van der Waals surface area contributed by atoms with Crippen LogP contribution < -0.4 is 5.73 Å². The van der Waals surface area contributed by atoms with Gasteiger partial charge < -0.3 is 5.73 Å². The quantitative estimate of drug-likeness (QED) is 0.938. The fourth-order valence-corrected chi connectivity index (χ4v) is 2.18. The van der Waals surface area contributed by atoms with E-state index < -0.39 is 0 Å². The smallest absolute Gasteiger partial charge is 0.169 e. The number of hydrogen-bond acceptors (Lipinski definition) is 3. The lowest BCUT2D eigenvalue weighted by molar-refractivity contribution is 0.613. The molecule has 1 heterocycles. The van der Waals surface area contributed by atoms with Crippen LogP contribution in [0.2, 0.25) is 10.0 Å². The molecule has 0 unspecified atom stereocenters. The van der Waals surface area contributed by atoms with Crippen molar-refractivity contribution in [3.63, 3.8) is 0 Å². The Labute approximate surface area is 116 Å². The molecule has 0 saturated carbocycles. The Balaban J connectivity index is 2.31. The Morgan fingerprint density at radius 2 is 2.11 bits per heavy atom. The van der Waals surface area contributed by atoms with E-state index >= 15 is 0 Å². The molecule has 0 aliphatic rings. The molecule has 0 aliphatic carbocycles. The lowest BCUT2D eigenvalue weighted by Crippen LogP contribution is -2.08. The molecule has 0 saturated heterocycles. The van der Waals surface area contributed by atoms with Gasteiger partial charge in [-0.05, 0) is 18.1 Å². The molecule has 2 N–H and O–H groups in total. The Hall–Kier alpha value is -1.26. The van der Waals surface area contributed by atoms with Crippen molar-refractivity contribution in [2.45, 2.75) is 26.3 Å². The maximum Gasteiger partial charge on any atom is 0.169 e. The number of halogens is 2. The highest BCUT2D eigenvalue weighted by molar-refractivity contribution is 6.42. The van der Waals surface area contributed by atoms with Crippen molar-refractivity contribution in [3.05, 3.63) is 39.5 Å². The van der Waals surface area contributed by atoms with Crippen molar-refractivity contribution in [1.29, 1.82) is 0 Å². The molecular formula is C12H14Cl2N4. The minimum atomic E-state index is 0.481. The fraction of sp³-hybridized carbons (Fsp3) is 0.333. The minimum Gasteiger partial charge on any atom is -0.381 e. The molecule has 18 heavy (non-hydrogen) atoms. The Bertz CT molecular complexity index is 551. The Morgan fingerprint density at radius 3 is 2.83 bits per heavy atom. The highest BCUT2D eigenvalue weighted by Gasteiger charge is 2.12. The minimum absolute atomic E-state index is 0.481. The lowest BCUT2D eigenvalue weighted by Gasteiger charge is -2.08. The summed E-state index contributed by atoms with van der Waals surface area (Å²) in [6, 6.07) is 5.54. The van der Waals surface area contributed by atoms with Gasteiger partial charge >= 0.3 is 0 Å². The number of aromatic nitrogens is 3. The van der Waals surface area contributed by atoms with Crippen LogP contribution in [0.25, 0.3) is 0 Å². The lowest BCUT2D eigenvalue weighted by atomic mass is 10.2. The van der Waals surface area contributed by atoms with Gasteiger partial charge in [-0.15, -0.1) is 5.10 Å². The summed E-state index contributed by atoms with van der Waals surface area (Å²) in [4.78, 5) is 0. The van der Waals surface area contributed by atoms with E-state index in [2.05, 4.69) is 17.2 Å². The van der Waals surface area contributed by atoms with E-state index in [1.165, 1.54) is 0 Å². The van der Waals surface area contributed by atoms with E-state index in [0.29, 0.717) is 22.4 Å². The molecular weight excluding hydrogens is 271 g/mol. The van der Waals surface area contributed by atoms with Crippen molar-refractivity contribution in [2.75, 3.05) is 5.73 Å². The molecule has 0 bridgehead atoms. The summed E-state index contributed by atoms with van der Waals surface area (Å²) in [5.41, 5.74) is 7.64. The van der Waals surface area contributed by atoms with Gasteiger partial charge in [0.05, 0.1) is 22.3 Å². The van der Waals surface area contributed by atoms with Crippen LogP contribution in [0.4, 0.5) is 5.82 Å². The number of nitrogens with two attached hydrogens (primary N) is 1. The van der Waals surface area contributed by atoms with E-state index in [1.807, 2.05) is 12.1 Å². The molecule has 1 aromatic heterocycles. The molecule has 6 heteroatoms. The third kappa shape index (κ3) is 2.60. The first-order valence-corrected chi connectivity index (χ1v) is 6.49. The highest BCUT2D eigenvalue weighted by Crippen LogP contribution is 2.26. The SMILES string of the molecule is CCCc1c(N)nnn1Cc1cccc(Cl)c1Cl. The first kappa shape index (κ1) is 13.2. The van der Waals surface area contributed by atoms with E-state index in [9.17, 15) is 0 Å². The Morgan fingerprint density at radius 1 is 1.33 bits per heavy atom. The molecule has 4 nitrogen and oxygen atoms in total. The standard InChI is InChI=1S/C12H14Cl2N4/c1-2-4-10-12(15)16-17-18(10)7-8-5-3-6-9(13)11(8)14/h3,5-6H,2,4,7,15H2,1H3. The van der Waals surface area contributed by atoms with Gasteiger partial charge in [-0.1, -0.05) is 53.9 Å². The van der Waals surface area contributed by atoms with Gasteiger partial charge in [0.2, 0.25) is 0 Å². The van der Waals surface area contributed by atoms with Crippen LogP contribution >= 0.6 is 23.2 Å². The van der Waals surface area contributed by atoms with Gasteiger partial charge in [0, 0.05) is 0 Å². The third-order valence-electron chi connectivity index (χ3n) is 2.71. The molecule has 0 spiro atoms. The maximum absolute atomic E-state index is 6.15. The molecule has 2 rings (SSSR count). The summed E-state index contributed by atoms with van der Waals surface area (Å²) in [7, 11) is 0. The van der Waals surface area contributed by atoms with E-state index in [1.54, 1.807) is 10.7 Å². The van der Waals surface area contributed by atoms with Crippen molar-refractivity contribution in [3.8, 4) is 0 Å². The second-order valence-corrected chi connectivity index (χ2v) is 4.83. The second kappa shape index (κ2) is 5.59. The molecule has 0 fully saturated rings. The monoisotopic (exact) mass is 284 g/mol. The summed E-state index contributed by atoms with van der Waals surface area (Å²) in [6.07, 6.45) is 1.83. The van der Waals surface area contributed by atoms with Crippen LogP contribution in [0.1, 0.15) is 24.6 Å². The predicted molar refractivity (Wildman–Crippen MR) is 74.0 cm³/mol. The van der Waals surface area contributed by atoms with Gasteiger partial charge in [-0.2, -0.15) is 0 Å². The van der Waals surface area contributed by atoms with Crippen LogP contribution in [0.5, 0.6) is 0 Å². The summed E-state index contributed by atoms with van der Waals surface area (Å²) in [5.74, 6) is 0.481. The van der Waals surface area contributed by atoms with Gasteiger partial charge in [0.1, 0.15) is 0 Å². The van der Waals surface area contributed by atoms with Crippen molar-refractivity contribution in [2.24, 2.45) is 0 Å². The van der Waals surface area contributed by atoms with Gasteiger partial charge in [-0.3, -0.25) is 0 Å². The summed E-state index contributed by atoms with van der Waals surface area (Å²) in [6.45, 7) is 2.61. The molecule has 0 amide bonds. The van der Waals surface area contributed by atoms with Gasteiger partial charge in [-0.25, -0.2) is 4.68 Å². The van der Waals surface area contributed by atoms with E-state index in [4.69, 9.17) is 28.9 Å². The topological polar surface area (TPSA) is 56.7 Å². The molecule has 1 aromatic carbocycles. The number of anilines is 1. The first-order chi connectivity index (χ1) is 8.63. The fourth-order valence-electron chi connectivity index (χ4n) is 1.80. The van der Waals surface area contributed by atoms with Gasteiger partial charge in [0.15, 0.2) is 5.82 Å². The highest BCUT2D eigenvalue weighted by atomic mass is 35.5. The third-order valence-corrected chi connectivity index (χ3v) is 3.56. The van der Waals surface area contributed by atoms with Crippen LogP contribution in [-0.4, -0.2) is 15.0 Å². The molecule has 0 radical (unpaired) electrons. The Kier molecular flexibility index (Phi) is 4.09. The van der Waals surface area contributed by atoms with Gasteiger partial charge in [0.25, 0.3) is 0 Å². The van der Waals surface area contributed by atoms with Crippen LogP contribution in [0, 0.1) is 0 Å². The molecule has 0 aliphatic heterocycles. The van der Waals surface area contributed by atoms with Crippen LogP contribution in [0.3, 0.4) is 0 Å². The molecule has 0 atom stereocenters. The summed E-state index contributed by atoms with van der Waals surface area (Å²) >= 11 is 12.1. The number of nitrogens with zero attached hydrogens (tertiary/aromatic N) is 3. The second-order valence-electron chi connectivity index (χ2n) is 4.04. The number of hydrogen-bond donors (Lipinski definition) is 1. The summed E-state index contributed by atoms with van der Waals surface area (Å²) in [5, 5.41) is 9.03. The van der Waals surface area contributed by atoms with Crippen molar-refractivity contribution >= 4 is 29.0 Å². The maximum atomic E-state index is 6.15. The van der Waals surface area contributed by atoms with E-state index in [-0.39, 0.29) is 0 Å². The number of benzene rings is 1. The van der Waals surface area contributed by atoms with E-state index in [0.717, 1.165) is 24.1 Å². The average molecular weight is 285 g/mol. The average Bonchev–Trinajstić information content (AvgIpc) is 2.68. The van der Waals surface area contributed by atoms with Crippen LogP contribution in [-0.2, 0) is 13.0 Å². The molecule has 2 aromatic rings. The predicted octanol–water partition coefficient (Wildman–Crippen LogP) is 3.17. The summed E-state index contributed by atoms with van der Waals surface area (Å²) < 4.78 is 1.77. The number of rotatable bonds is 4. The zero-order valence-electron chi connectivity index (χ0n) is 10.0. The van der Waals surface area contributed by atoms with Crippen LogP contribution in [0.15, 0.2) is 18.2 Å². The largest absolute Gasteiger partial charge is 0.381 e. The van der Waals surface area contributed by atoms with Crippen molar-refractivity contribution in [1.82, 2.24) is 15.0 Å². The normalized spacial score (nSPS) is 10.8.